The van der Waals surface area contributed by atoms with E-state index in [1.165, 1.54) is 19.2 Å². The average molecular weight is 358 g/mol. The van der Waals surface area contributed by atoms with Crippen LogP contribution in [0.2, 0.25) is 5.02 Å². The lowest BCUT2D eigenvalue weighted by molar-refractivity contribution is -0.147. The van der Waals surface area contributed by atoms with Gasteiger partial charge in [0.25, 0.3) is 0 Å². The van der Waals surface area contributed by atoms with Crippen molar-refractivity contribution < 1.29 is 17.9 Å². The van der Waals surface area contributed by atoms with Crippen LogP contribution >= 0.6 is 11.6 Å². The van der Waals surface area contributed by atoms with Crippen molar-refractivity contribution >= 4 is 27.4 Å². The van der Waals surface area contributed by atoms with E-state index in [1.807, 2.05) is 4.90 Å². The van der Waals surface area contributed by atoms with Crippen molar-refractivity contribution in [3.8, 4) is 0 Å². The topological polar surface area (TPSA) is 63.7 Å². The second-order valence-electron chi connectivity index (χ2n) is 5.57. The van der Waals surface area contributed by atoms with Crippen LogP contribution in [0.4, 0.5) is 0 Å². The molecular weight excluding hydrogens is 338 g/mol. The molecule has 2 rings (SSSR count). The number of piperidine rings is 1. The summed E-state index contributed by atoms with van der Waals surface area (Å²) < 4.78 is 29.7. The van der Waals surface area contributed by atoms with Gasteiger partial charge in [0.05, 0.1) is 22.8 Å². The third-order valence-electron chi connectivity index (χ3n) is 4.03. The van der Waals surface area contributed by atoms with Gasteiger partial charge >= 0.3 is 5.97 Å². The summed E-state index contributed by atoms with van der Waals surface area (Å²) in [5, 5.41) is 0.486. The van der Waals surface area contributed by atoms with Gasteiger partial charge in [-0.25, -0.2) is 8.42 Å². The van der Waals surface area contributed by atoms with Gasteiger partial charge in [0, 0.05) is 11.6 Å². The molecular formula is C16H20ClNO4S. The molecule has 0 amide bonds. The minimum Gasteiger partial charge on any atom is -0.469 e. The van der Waals surface area contributed by atoms with Crippen molar-refractivity contribution in [2.45, 2.75) is 17.7 Å². The Morgan fingerprint density at radius 2 is 1.87 bits per heavy atom. The van der Waals surface area contributed by atoms with Crippen LogP contribution in [0.3, 0.4) is 0 Å². The smallest absolute Gasteiger partial charge is 0.308 e. The molecule has 1 fully saturated rings. The maximum atomic E-state index is 12.5. The van der Waals surface area contributed by atoms with Crippen LogP contribution < -0.4 is 0 Å². The normalized spacial score (nSPS) is 17.0. The zero-order valence-corrected chi connectivity index (χ0v) is 14.6. The highest BCUT2D eigenvalue weighted by atomic mass is 35.5. The molecule has 0 radical (unpaired) electrons. The zero-order chi connectivity index (χ0) is 17.0. The second kappa shape index (κ2) is 7.47. The molecule has 1 heterocycles. The van der Waals surface area contributed by atoms with Crippen LogP contribution in [0.25, 0.3) is 0 Å². The summed E-state index contributed by atoms with van der Waals surface area (Å²) >= 11 is 5.78. The number of esters is 1. The maximum absolute atomic E-state index is 12.5. The molecule has 7 heteroatoms. The Kier molecular flexibility index (Phi) is 5.84. The van der Waals surface area contributed by atoms with Crippen LogP contribution in [-0.4, -0.2) is 46.0 Å². The summed E-state index contributed by atoms with van der Waals surface area (Å²) in [4.78, 5) is 13.8. The van der Waals surface area contributed by atoms with E-state index in [4.69, 9.17) is 16.3 Å². The lowest BCUT2D eigenvalue weighted by Crippen LogP contribution is -2.38. The number of rotatable bonds is 5. The summed E-state index contributed by atoms with van der Waals surface area (Å²) in [6.45, 7) is 5.29. The third-order valence-corrected chi connectivity index (χ3v) is 6.06. The largest absolute Gasteiger partial charge is 0.469 e. The number of methoxy groups -OCH3 is 1. The molecule has 0 unspecified atom stereocenters. The fraction of sp³-hybridized carbons (Fsp3) is 0.438. The predicted molar refractivity (Wildman–Crippen MR) is 89.0 cm³/mol. The fourth-order valence-corrected chi connectivity index (χ4v) is 3.91. The highest BCUT2D eigenvalue weighted by molar-refractivity contribution is 7.95. The molecule has 0 bridgehead atoms. The molecule has 1 saturated heterocycles. The predicted octanol–water partition coefficient (Wildman–Crippen LogP) is 2.51. The summed E-state index contributed by atoms with van der Waals surface area (Å²) in [7, 11) is -2.19. The molecule has 1 aliphatic heterocycles. The van der Waals surface area contributed by atoms with E-state index in [2.05, 4.69) is 6.58 Å². The highest BCUT2D eigenvalue weighted by Gasteiger charge is 2.28. The first kappa shape index (κ1) is 18.0. The fourth-order valence-electron chi connectivity index (χ4n) is 2.61. The standard InChI is InChI=1S/C16H20ClNO4S/c1-12(23(20,21)15-5-3-14(17)4-6-15)11-18-9-7-13(8-10-18)16(19)22-2/h3-6,13H,1,7-11H2,2H3. The van der Waals surface area contributed by atoms with E-state index in [0.29, 0.717) is 31.0 Å². The van der Waals surface area contributed by atoms with E-state index in [9.17, 15) is 13.2 Å². The van der Waals surface area contributed by atoms with Gasteiger partial charge < -0.3 is 4.74 Å². The van der Waals surface area contributed by atoms with Crippen LogP contribution in [-0.2, 0) is 19.4 Å². The van der Waals surface area contributed by atoms with E-state index < -0.39 is 9.84 Å². The second-order valence-corrected chi connectivity index (χ2v) is 8.06. The van der Waals surface area contributed by atoms with Gasteiger partial charge in [-0.3, -0.25) is 9.69 Å². The molecule has 1 aliphatic rings. The number of halogens is 1. The number of benzene rings is 1. The Labute approximate surface area is 141 Å². The Hall–Kier alpha value is -1.37. The van der Waals surface area contributed by atoms with Gasteiger partial charge in [-0.2, -0.15) is 0 Å². The zero-order valence-electron chi connectivity index (χ0n) is 13.0. The minimum atomic E-state index is -3.58. The van der Waals surface area contributed by atoms with Crippen molar-refractivity contribution in [2.24, 2.45) is 5.92 Å². The van der Waals surface area contributed by atoms with Crippen LogP contribution in [0, 0.1) is 5.92 Å². The van der Waals surface area contributed by atoms with Gasteiger partial charge in [-0.15, -0.1) is 0 Å². The molecule has 5 nitrogen and oxygen atoms in total. The molecule has 126 valence electrons. The minimum absolute atomic E-state index is 0.0996. The summed E-state index contributed by atoms with van der Waals surface area (Å²) in [6.07, 6.45) is 1.34. The monoisotopic (exact) mass is 357 g/mol. The number of ether oxygens (including phenoxy) is 1. The number of nitrogens with zero attached hydrogens (tertiary/aromatic N) is 1. The first-order chi connectivity index (χ1) is 10.8. The molecule has 0 aromatic heterocycles. The highest BCUT2D eigenvalue weighted by Crippen LogP contribution is 2.23. The molecule has 0 N–H and O–H groups in total. The Balaban J connectivity index is 1.97. The molecule has 0 atom stereocenters. The quantitative estimate of drug-likeness (QED) is 0.758. The van der Waals surface area contributed by atoms with E-state index in [-0.39, 0.29) is 28.2 Å². The third kappa shape index (κ3) is 4.34. The van der Waals surface area contributed by atoms with Crippen molar-refractivity contribution in [1.82, 2.24) is 4.90 Å². The van der Waals surface area contributed by atoms with Crippen LogP contribution in [0.15, 0.2) is 40.6 Å². The first-order valence-electron chi connectivity index (χ1n) is 7.33. The molecule has 0 spiro atoms. The van der Waals surface area contributed by atoms with Gasteiger partial charge in [0.1, 0.15) is 0 Å². The van der Waals surface area contributed by atoms with Gasteiger partial charge in [-0.1, -0.05) is 18.2 Å². The first-order valence-corrected chi connectivity index (χ1v) is 9.19. The lowest BCUT2D eigenvalue weighted by atomic mass is 9.97. The van der Waals surface area contributed by atoms with Crippen molar-refractivity contribution in [2.75, 3.05) is 26.7 Å². The summed E-state index contributed by atoms with van der Waals surface area (Å²) in [6, 6.07) is 6.05. The van der Waals surface area contributed by atoms with Crippen molar-refractivity contribution in [3.05, 3.63) is 40.8 Å². The van der Waals surface area contributed by atoms with Gasteiger partial charge in [-0.05, 0) is 50.2 Å². The number of sulfone groups is 1. The SMILES string of the molecule is C=C(CN1CCC(C(=O)OC)CC1)S(=O)(=O)c1ccc(Cl)cc1. The summed E-state index contributed by atoms with van der Waals surface area (Å²) in [5.74, 6) is -0.297. The number of carbonyl (C=O) groups is 1. The van der Waals surface area contributed by atoms with Crippen LogP contribution in [0.1, 0.15) is 12.8 Å². The summed E-state index contributed by atoms with van der Waals surface area (Å²) in [5.41, 5.74) is 0. The molecule has 0 aliphatic carbocycles. The van der Waals surface area contributed by atoms with Gasteiger partial charge in [0.15, 0.2) is 0 Å². The number of likely N-dealkylation sites (tertiary alicyclic amines) is 1. The lowest BCUT2D eigenvalue weighted by Gasteiger charge is -2.30. The molecule has 1 aromatic carbocycles. The van der Waals surface area contributed by atoms with E-state index >= 15 is 0 Å². The van der Waals surface area contributed by atoms with E-state index in [1.54, 1.807) is 12.1 Å². The van der Waals surface area contributed by atoms with E-state index in [0.717, 1.165) is 0 Å². The molecule has 0 saturated carbocycles. The van der Waals surface area contributed by atoms with Gasteiger partial charge in [0.2, 0.25) is 9.84 Å². The average Bonchev–Trinajstić information content (AvgIpc) is 2.55. The Morgan fingerprint density at radius 3 is 2.39 bits per heavy atom. The number of carbonyl (C=O) groups excluding carboxylic acids is 1. The van der Waals surface area contributed by atoms with Crippen LogP contribution in [0.5, 0.6) is 0 Å². The maximum Gasteiger partial charge on any atom is 0.308 e. The Bertz CT molecular complexity index is 677. The molecule has 1 aromatic rings. The molecule has 23 heavy (non-hydrogen) atoms. The number of hydrogen-bond acceptors (Lipinski definition) is 5. The number of hydrogen-bond donors (Lipinski definition) is 0. The Morgan fingerprint density at radius 1 is 1.30 bits per heavy atom. The van der Waals surface area contributed by atoms with Crippen molar-refractivity contribution in [3.63, 3.8) is 0 Å². The van der Waals surface area contributed by atoms with Crippen molar-refractivity contribution in [1.29, 1.82) is 0 Å².